The molecule has 0 unspecified atom stereocenters. The Balaban J connectivity index is 1.17. The Labute approximate surface area is 330 Å². The first-order valence-corrected chi connectivity index (χ1v) is 20.9. The molecule has 0 radical (unpaired) electrons. The van der Waals surface area contributed by atoms with Gasteiger partial charge in [0.2, 0.25) is 17.6 Å². The summed E-state index contributed by atoms with van der Waals surface area (Å²) >= 11 is 0. The van der Waals surface area contributed by atoms with Crippen molar-refractivity contribution in [2.24, 2.45) is 5.92 Å². The fourth-order valence-electron chi connectivity index (χ4n) is 7.86. The van der Waals surface area contributed by atoms with Crippen molar-refractivity contribution in [3.05, 3.63) is 60.7 Å². The lowest BCUT2D eigenvalue weighted by Crippen LogP contribution is -2.58. The van der Waals surface area contributed by atoms with Gasteiger partial charge in [0.1, 0.15) is 35.2 Å². The van der Waals surface area contributed by atoms with Gasteiger partial charge in [0, 0.05) is 24.4 Å². The van der Waals surface area contributed by atoms with Gasteiger partial charge in [-0.05, 0) is 105 Å². The first-order chi connectivity index (χ1) is 27.5. The van der Waals surface area contributed by atoms with Gasteiger partial charge < -0.3 is 29.7 Å². The number of sulfonamides is 1. The second-order valence-electron chi connectivity index (χ2n) is 15.0. The SMILES string of the molecule is COc1ccc(-c2nnn([C@@H]3C[C@H]4C(=O)N[C@]5(C(=O)NS(=O)(=O)c6ccc(OC)cc6)C[C@@H]5/C=C\CCCCC[C@H](NC(=O)OC5CCCC5)C(=O)N4C3)n2)cc1. The molecule has 4 amide bonds. The molecular formula is C39H48N8O9S. The van der Waals surface area contributed by atoms with Crippen molar-refractivity contribution in [1.82, 2.24) is 40.5 Å². The van der Waals surface area contributed by atoms with E-state index in [4.69, 9.17) is 14.2 Å². The molecule has 2 aliphatic carbocycles. The Morgan fingerprint density at radius 2 is 1.60 bits per heavy atom. The van der Waals surface area contributed by atoms with Crippen molar-refractivity contribution in [1.29, 1.82) is 0 Å². The molecule has 2 saturated carbocycles. The Kier molecular flexibility index (Phi) is 11.8. The molecule has 7 rings (SSSR count). The molecule has 5 atom stereocenters. The van der Waals surface area contributed by atoms with Gasteiger partial charge in [-0.25, -0.2) is 17.9 Å². The Morgan fingerprint density at radius 1 is 0.912 bits per heavy atom. The van der Waals surface area contributed by atoms with Gasteiger partial charge in [-0.3, -0.25) is 14.4 Å². The fourth-order valence-corrected chi connectivity index (χ4v) is 8.90. The molecule has 4 aliphatic rings. The number of tetrazole rings is 1. The van der Waals surface area contributed by atoms with Crippen LogP contribution in [-0.2, 0) is 29.1 Å². The first kappa shape index (κ1) is 39.7. The zero-order valence-corrected chi connectivity index (χ0v) is 32.8. The van der Waals surface area contributed by atoms with Crippen molar-refractivity contribution in [2.45, 2.75) is 105 Å². The Hall–Kier alpha value is -5.52. The quantitative estimate of drug-likeness (QED) is 0.266. The molecule has 3 aromatic rings. The van der Waals surface area contributed by atoms with Crippen molar-refractivity contribution in [3.63, 3.8) is 0 Å². The number of rotatable bonds is 9. The minimum Gasteiger partial charge on any atom is -0.497 e. The van der Waals surface area contributed by atoms with Crippen LogP contribution in [0.3, 0.4) is 0 Å². The molecule has 0 spiro atoms. The standard InChI is InChI=1S/C39H48N8O9S/c1-54-28-16-14-25(15-17-28)34-42-45-47(43-34)27-22-33-35(48)41-39(37(50)44-57(52,53)31-20-18-29(55-2)19-21-31)23-26(39)10-6-4-3-5-7-13-32(36(49)46(33)24-27)40-38(51)56-30-11-8-9-12-30/h6,10,14-21,26-27,30,32-33H,3-5,7-9,11-13,22-24H2,1-2H3,(H,40,51)(H,41,48)(H,44,50)/b10-6-/t26-,27+,32-,33-,39+/m0/s1. The number of hydrogen-bond acceptors (Lipinski definition) is 12. The van der Waals surface area contributed by atoms with E-state index in [0.29, 0.717) is 42.1 Å². The highest BCUT2D eigenvalue weighted by Crippen LogP contribution is 2.46. The second-order valence-corrected chi connectivity index (χ2v) is 16.7. The van der Waals surface area contributed by atoms with Crippen LogP contribution in [-0.4, -0.2) is 102 Å². The smallest absolute Gasteiger partial charge is 0.408 e. The van der Waals surface area contributed by atoms with Gasteiger partial charge in [-0.1, -0.05) is 25.0 Å². The molecule has 18 heteroatoms. The molecule has 3 fully saturated rings. The van der Waals surface area contributed by atoms with Gasteiger partial charge in [-0.2, -0.15) is 4.80 Å². The fraction of sp³-hybridized carbons (Fsp3) is 0.513. The summed E-state index contributed by atoms with van der Waals surface area (Å²) in [7, 11) is -1.32. The number of ether oxygens (including phenoxy) is 3. The summed E-state index contributed by atoms with van der Waals surface area (Å²) in [6.45, 7) is -0.000435. The van der Waals surface area contributed by atoms with Crippen molar-refractivity contribution in [3.8, 4) is 22.9 Å². The topological polar surface area (TPSA) is 213 Å². The minimum atomic E-state index is -4.33. The summed E-state index contributed by atoms with van der Waals surface area (Å²) < 4.78 is 45.0. The average Bonchev–Trinajstić information content (AvgIpc) is 3.68. The van der Waals surface area contributed by atoms with E-state index in [1.807, 2.05) is 12.2 Å². The van der Waals surface area contributed by atoms with E-state index in [1.54, 1.807) is 31.4 Å². The number of benzene rings is 2. The minimum absolute atomic E-state index is 0.000435. The van der Waals surface area contributed by atoms with Crippen molar-refractivity contribution in [2.75, 3.05) is 20.8 Å². The summed E-state index contributed by atoms with van der Waals surface area (Å²) in [5.74, 6) is -1.11. The predicted octanol–water partition coefficient (Wildman–Crippen LogP) is 3.44. The molecule has 17 nitrogen and oxygen atoms in total. The number of methoxy groups -OCH3 is 2. The molecule has 2 aliphatic heterocycles. The lowest BCUT2D eigenvalue weighted by molar-refractivity contribution is -0.141. The van der Waals surface area contributed by atoms with E-state index in [1.165, 1.54) is 41.1 Å². The first-order valence-electron chi connectivity index (χ1n) is 19.4. The number of aromatic nitrogens is 4. The number of alkyl carbamates (subject to hydrolysis) is 1. The number of fused-ring (bicyclic) bond motifs is 2. The van der Waals surface area contributed by atoms with Crippen LogP contribution >= 0.6 is 0 Å². The van der Waals surface area contributed by atoms with Gasteiger partial charge >= 0.3 is 6.09 Å². The molecule has 57 heavy (non-hydrogen) atoms. The van der Waals surface area contributed by atoms with E-state index in [9.17, 15) is 27.6 Å². The van der Waals surface area contributed by atoms with Crippen LogP contribution in [0.1, 0.15) is 76.7 Å². The van der Waals surface area contributed by atoms with E-state index < -0.39 is 63.4 Å². The van der Waals surface area contributed by atoms with Gasteiger partial charge in [0.05, 0.1) is 25.2 Å². The Morgan fingerprint density at radius 3 is 2.30 bits per heavy atom. The summed E-state index contributed by atoms with van der Waals surface area (Å²) in [4.78, 5) is 58.8. The van der Waals surface area contributed by atoms with Gasteiger partial charge in [-0.15, -0.1) is 10.2 Å². The molecule has 2 aromatic carbocycles. The third kappa shape index (κ3) is 8.90. The number of allylic oxidation sites excluding steroid dienone is 1. The van der Waals surface area contributed by atoms with E-state index in [2.05, 4.69) is 30.8 Å². The number of nitrogens with one attached hydrogen (secondary N) is 3. The Bertz CT molecular complexity index is 2090. The maximum atomic E-state index is 14.6. The normalized spacial score (nSPS) is 26.2. The van der Waals surface area contributed by atoms with E-state index >= 15 is 0 Å². The van der Waals surface area contributed by atoms with Crippen molar-refractivity contribution < 1.29 is 41.8 Å². The molecule has 3 heterocycles. The zero-order chi connectivity index (χ0) is 40.2. The lowest BCUT2D eigenvalue weighted by Gasteiger charge is -2.30. The van der Waals surface area contributed by atoms with Crippen molar-refractivity contribution >= 4 is 33.8 Å². The molecular weight excluding hydrogens is 757 g/mol. The van der Waals surface area contributed by atoms with Crippen LogP contribution in [0.4, 0.5) is 4.79 Å². The third-order valence-corrected chi connectivity index (χ3v) is 12.6. The second kappa shape index (κ2) is 16.9. The van der Waals surface area contributed by atoms with Crippen LogP contribution in [0.2, 0.25) is 0 Å². The summed E-state index contributed by atoms with van der Waals surface area (Å²) in [5.41, 5.74) is -0.922. The predicted molar refractivity (Wildman–Crippen MR) is 204 cm³/mol. The number of amides is 4. The summed E-state index contributed by atoms with van der Waals surface area (Å²) in [6, 6.07) is 9.95. The highest BCUT2D eigenvalue weighted by Gasteiger charge is 2.61. The maximum Gasteiger partial charge on any atom is 0.408 e. The molecule has 1 saturated heterocycles. The van der Waals surface area contributed by atoms with Crippen LogP contribution in [0.25, 0.3) is 11.4 Å². The monoisotopic (exact) mass is 804 g/mol. The van der Waals surface area contributed by atoms with Crippen LogP contribution in [0, 0.1) is 5.92 Å². The van der Waals surface area contributed by atoms with Crippen LogP contribution in [0.5, 0.6) is 11.5 Å². The summed E-state index contributed by atoms with van der Waals surface area (Å²) in [5, 5.41) is 18.8. The van der Waals surface area contributed by atoms with E-state index in [-0.39, 0.29) is 30.4 Å². The third-order valence-electron chi connectivity index (χ3n) is 11.2. The average molecular weight is 805 g/mol. The van der Waals surface area contributed by atoms with Crippen LogP contribution in [0.15, 0.2) is 65.6 Å². The molecule has 1 aromatic heterocycles. The van der Waals surface area contributed by atoms with Gasteiger partial charge in [0.25, 0.3) is 15.9 Å². The number of carbonyl (C=O) groups excluding carboxylic acids is 4. The maximum absolute atomic E-state index is 14.6. The number of hydrogen-bond donors (Lipinski definition) is 3. The highest BCUT2D eigenvalue weighted by molar-refractivity contribution is 7.90. The lowest BCUT2D eigenvalue weighted by atomic mass is 10.0. The van der Waals surface area contributed by atoms with Crippen LogP contribution < -0.4 is 24.8 Å². The molecule has 304 valence electrons. The molecule has 3 N–H and O–H groups in total. The van der Waals surface area contributed by atoms with E-state index in [0.717, 1.165) is 38.5 Å². The number of carbonyl (C=O) groups is 4. The summed E-state index contributed by atoms with van der Waals surface area (Å²) in [6.07, 6.45) is 9.65. The number of nitrogens with zero attached hydrogens (tertiary/aromatic N) is 5. The zero-order valence-electron chi connectivity index (χ0n) is 32.0. The highest BCUT2D eigenvalue weighted by atomic mass is 32.2. The van der Waals surface area contributed by atoms with Gasteiger partial charge in [0.15, 0.2) is 0 Å². The largest absolute Gasteiger partial charge is 0.497 e. The molecule has 0 bridgehead atoms.